The predicted molar refractivity (Wildman–Crippen MR) is 365 cm³/mol. The molecule has 19 nitrogen and oxygen atoms in total. The van der Waals surface area contributed by atoms with Crippen LogP contribution in [0.3, 0.4) is 0 Å². The second kappa shape index (κ2) is 55.1. The van der Waals surface area contributed by atoms with Gasteiger partial charge in [0.05, 0.1) is 38.6 Å². The molecule has 540 valence electrons. The first kappa shape index (κ1) is 84.5. The largest absolute Gasteiger partial charge is 0.394 e. The van der Waals surface area contributed by atoms with E-state index in [-0.39, 0.29) is 18.9 Å². The van der Waals surface area contributed by atoms with Crippen LogP contribution in [0.15, 0.2) is 72.9 Å². The summed E-state index contributed by atoms with van der Waals surface area (Å²) >= 11 is 0. The van der Waals surface area contributed by atoms with Crippen LogP contribution in [0.5, 0.6) is 0 Å². The van der Waals surface area contributed by atoms with Crippen LogP contribution in [0.1, 0.15) is 258 Å². The number of rotatable bonds is 56. The van der Waals surface area contributed by atoms with E-state index in [1.54, 1.807) is 6.08 Å². The fourth-order valence-electron chi connectivity index (χ4n) is 12.1. The molecular formula is C74H131NO18. The van der Waals surface area contributed by atoms with E-state index in [4.69, 9.17) is 28.4 Å². The standard InChI is InChI=1S/C74H131NO18/c1-3-5-7-9-11-13-15-17-18-19-20-21-22-23-24-25-26-27-28-29-30-31-32-33-34-35-36-37-38-40-42-44-46-48-50-52-62(80)75-57(58(79)51-49-47-45-43-41-39-16-14-12-10-8-6-4-2)56-88-72-68(86)65(83)70(60(54-77)90-72)93-74-69(87)66(84)71(61(55-78)91-74)92-73-67(85)64(82)63(81)59(53-76)89-73/h5,7,11,13,17-18,20-21,41,43,49,51,57-61,63-74,76-79,81-87H,3-4,6,8-10,12,14-16,19,22-40,42,44-48,50,52-56H2,1-2H3,(H,75,80)/b7-5-,13-11-,18-17-,21-20-,43-41+,51-49+. The normalized spacial score (nSPS) is 27.9. The van der Waals surface area contributed by atoms with Gasteiger partial charge in [0, 0.05) is 6.42 Å². The zero-order chi connectivity index (χ0) is 67.5. The lowest BCUT2D eigenvalue weighted by Gasteiger charge is -2.48. The molecule has 3 saturated heterocycles. The topological polar surface area (TPSA) is 307 Å². The summed E-state index contributed by atoms with van der Waals surface area (Å²) < 4.78 is 34.3. The molecule has 0 saturated carbocycles. The summed E-state index contributed by atoms with van der Waals surface area (Å²) in [7, 11) is 0. The smallest absolute Gasteiger partial charge is 0.220 e. The van der Waals surface area contributed by atoms with Gasteiger partial charge in [-0.1, -0.05) is 254 Å². The maximum atomic E-state index is 13.4. The van der Waals surface area contributed by atoms with Crippen molar-refractivity contribution in [2.75, 3.05) is 26.4 Å². The number of aliphatic hydroxyl groups is 11. The molecule has 0 aromatic rings. The number of unbranched alkanes of at least 4 members (excludes halogenated alkanes) is 30. The van der Waals surface area contributed by atoms with E-state index in [0.717, 1.165) is 64.2 Å². The molecule has 0 aliphatic carbocycles. The van der Waals surface area contributed by atoms with E-state index in [9.17, 15) is 61.0 Å². The Balaban J connectivity index is 1.33. The van der Waals surface area contributed by atoms with Crippen LogP contribution in [0, 0.1) is 0 Å². The van der Waals surface area contributed by atoms with Crippen molar-refractivity contribution in [1.82, 2.24) is 5.32 Å². The maximum absolute atomic E-state index is 13.4. The summed E-state index contributed by atoms with van der Waals surface area (Å²) in [6, 6.07) is -0.990. The summed E-state index contributed by atoms with van der Waals surface area (Å²) in [5.41, 5.74) is 0. The number of amides is 1. The summed E-state index contributed by atoms with van der Waals surface area (Å²) in [5.74, 6) is -0.284. The molecule has 19 heteroatoms. The Bertz CT molecular complexity index is 1970. The van der Waals surface area contributed by atoms with Crippen molar-refractivity contribution in [3.63, 3.8) is 0 Å². The van der Waals surface area contributed by atoms with Crippen molar-refractivity contribution in [3.8, 4) is 0 Å². The second-order valence-electron chi connectivity index (χ2n) is 26.0. The van der Waals surface area contributed by atoms with Crippen molar-refractivity contribution in [2.24, 2.45) is 0 Å². The van der Waals surface area contributed by atoms with Crippen molar-refractivity contribution in [3.05, 3.63) is 72.9 Å². The molecule has 3 fully saturated rings. The molecule has 17 atom stereocenters. The number of hydrogen-bond acceptors (Lipinski definition) is 18. The monoisotopic (exact) mass is 1320 g/mol. The van der Waals surface area contributed by atoms with Gasteiger partial charge in [-0.2, -0.15) is 0 Å². The number of carbonyl (C=O) groups is 1. The van der Waals surface area contributed by atoms with Crippen LogP contribution < -0.4 is 5.32 Å². The van der Waals surface area contributed by atoms with Gasteiger partial charge in [-0.15, -0.1) is 0 Å². The van der Waals surface area contributed by atoms with Gasteiger partial charge in [-0.25, -0.2) is 0 Å². The summed E-state index contributed by atoms with van der Waals surface area (Å²) in [5, 5.41) is 120. The minimum absolute atomic E-state index is 0.236. The molecule has 17 unspecified atom stereocenters. The third-order valence-corrected chi connectivity index (χ3v) is 18.0. The van der Waals surface area contributed by atoms with Crippen molar-refractivity contribution in [2.45, 2.75) is 362 Å². The van der Waals surface area contributed by atoms with Gasteiger partial charge in [0.2, 0.25) is 5.91 Å². The maximum Gasteiger partial charge on any atom is 0.220 e. The van der Waals surface area contributed by atoms with Crippen LogP contribution in [0.25, 0.3) is 0 Å². The van der Waals surface area contributed by atoms with Gasteiger partial charge in [0.1, 0.15) is 73.2 Å². The predicted octanol–water partition coefficient (Wildman–Crippen LogP) is 10.5. The first-order valence-electron chi connectivity index (χ1n) is 36.7. The van der Waals surface area contributed by atoms with Gasteiger partial charge in [-0.3, -0.25) is 4.79 Å². The van der Waals surface area contributed by atoms with Crippen molar-refractivity contribution >= 4 is 5.91 Å². The van der Waals surface area contributed by atoms with Crippen LogP contribution in [-0.2, 0) is 33.2 Å². The molecule has 12 N–H and O–H groups in total. The number of ether oxygens (including phenoxy) is 6. The number of aliphatic hydroxyl groups excluding tert-OH is 11. The highest BCUT2D eigenvalue weighted by Crippen LogP contribution is 2.33. The molecule has 0 radical (unpaired) electrons. The van der Waals surface area contributed by atoms with E-state index >= 15 is 0 Å². The van der Waals surface area contributed by atoms with Crippen LogP contribution in [0.4, 0.5) is 0 Å². The Morgan fingerprint density at radius 3 is 1.20 bits per heavy atom. The second-order valence-corrected chi connectivity index (χ2v) is 26.0. The number of hydrogen-bond donors (Lipinski definition) is 12. The van der Waals surface area contributed by atoms with Gasteiger partial charge >= 0.3 is 0 Å². The quantitative estimate of drug-likeness (QED) is 0.0199. The fraction of sp³-hybridized carbons (Fsp3) is 0.824. The first-order valence-corrected chi connectivity index (χ1v) is 36.7. The molecule has 3 aliphatic rings. The number of allylic oxidation sites excluding steroid dienone is 11. The highest BCUT2D eigenvalue weighted by atomic mass is 16.8. The first-order chi connectivity index (χ1) is 45.3. The Hall–Kier alpha value is -2.77. The Labute approximate surface area is 559 Å². The number of nitrogens with one attached hydrogen (secondary N) is 1. The average molecular weight is 1320 g/mol. The van der Waals surface area contributed by atoms with Crippen molar-refractivity contribution in [1.29, 1.82) is 0 Å². The molecule has 0 bridgehead atoms. The molecule has 1 amide bonds. The Morgan fingerprint density at radius 1 is 0.398 bits per heavy atom. The lowest BCUT2D eigenvalue weighted by atomic mass is 9.96. The lowest BCUT2D eigenvalue weighted by Crippen LogP contribution is -2.66. The zero-order valence-electron chi connectivity index (χ0n) is 57.2. The third-order valence-electron chi connectivity index (χ3n) is 18.0. The van der Waals surface area contributed by atoms with E-state index < -0.39 is 124 Å². The van der Waals surface area contributed by atoms with E-state index in [2.05, 4.69) is 79.9 Å². The molecule has 3 heterocycles. The highest BCUT2D eigenvalue weighted by Gasteiger charge is 2.53. The summed E-state index contributed by atoms with van der Waals surface area (Å²) in [6.45, 7) is 1.59. The van der Waals surface area contributed by atoms with Gasteiger partial charge in [0.25, 0.3) is 0 Å². The van der Waals surface area contributed by atoms with Gasteiger partial charge in [0.15, 0.2) is 18.9 Å². The summed E-state index contributed by atoms with van der Waals surface area (Å²) in [4.78, 5) is 13.4. The molecule has 0 spiro atoms. The Morgan fingerprint density at radius 2 is 0.753 bits per heavy atom. The van der Waals surface area contributed by atoms with Crippen LogP contribution >= 0.6 is 0 Å². The van der Waals surface area contributed by atoms with Gasteiger partial charge < -0.3 is 89.9 Å². The molecule has 0 aromatic heterocycles. The zero-order valence-corrected chi connectivity index (χ0v) is 57.2. The SMILES string of the molecule is CC/C=C\C/C=C\C/C=C\C/C=C\CCCCCCCCCCCCCCCCCCCCCCCCC(=O)NC(COC1OC(CO)C(OC2OC(CO)C(OC3OC(CO)C(O)C(O)C3O)C(O)C2O)C(O)C1O)C(O)/C=C/CC/C=C/CCCCCCCCC. The van der Waals surface area contributed by atoms with Crippen LogP contribution in [-0.4, -0.2) is 193 Å². The minimum atomic E-state index is -1.98. The average Bonchev–Trinajstić information content (AvgIpc) is 0.842. The molecule has 0 aromatic carbocycles. The van der Waals surface area contributed by atoms with Crippen LogP contribution in [0.2, 0.25) is 0 Å². The third kappa shape index (κ3) is 36.6. The summed E-state index contributed by atoms with van der Waals surface area (Å²) in [6.07, 6.45) is 43.4. The molecular weight excluding hydrogens is 1190 g/mol. The lowest BCUT2D eigenvalue weighted by molar-refractivity contribution is -0.379. The van der Waals surface area contributed by atoms with E-state index in [0.29, 0.717) is 12.8 Å². The van der Waals surface area contributed by atoms with E-state index in [1.165, 1.54) is 161 Å². The molecule has 3 aliphatic heterocycles. The van der Waals surface area contributed by atoms with Gasteiger partial charge in [-0.05, 0) is 70.6 Å². The van der Waals surface area contributed by atoms with E-state index in [1.807, 2.05) is 6.08 Å². The van der Waals surface area contributed by atoms with Crippen molar-refractivity contribution < 1.29 is 89.4 Å². The molecule has 3 rings (SSSR count). The number of carbonyl (C=O) groups excluding carboxylic acids is 1. The minimum Gasteiger partial charge on any atom is -0.394 e. The highest BCUT2D eigenvalue weighted by molar-refractivity contribution is 5.76. The Kier molecular flexibility index (Phi) is 50.1. The fourth-order valence-corrected chi connectivity index (χ4v) is 12.1. The molecule has 93 heavy (non-hydrogen) atoms.